The highest BCUT2D eigenvalue weighted by Gasteiger charge is 2.45. The van der Waals surface area contributed by atoms with Crippen molar-refractivity contribution in [3.8, 4) is 0 Å². The third-order valence-electron chi connectivity index (χ3n) is 3.99. The number of aliphatic hydroxyl groups is 3. The average Bonchev–Trinajstić information content (AvgIpc) is 2.58. The Morgan fingerprint density at radius 3 is 2.58 bits per heavy atom. The van der Waals surface area contributed by atoms with Gasteiger partial charge in [0.2, 0.25) is 5.91 Å². The standard InChI is InChI=1S/C17H25NO6/c1-11(20)18-14-16(22)15(21)13(10-19)24-17(14)23-9-5-8-12-6-3-2-4-7-12/h2-4,6-7,13-17,19,21-22H,5,8-10H2,1H3,(H,18,20)/t13-,14-,15+,16+,17-/m0/s1. The lowest BCUT2D eigenvalue weighted by atomic mass is 9.97. The Bertz CT molecular complexity index is 511. The maximum atomic E-state index is 11.3. The lowest BCUT2D eigenvalue weighted by Gasteiger charge is -2.42. The van der Waals surface area contributed by atoms with Gasteiger partial charge < -0.3 is 30.1 Å². The summed E-state index contributed by atoms with van der Waals surface area (Å²) in [5, 5.41) is 31.9. The lowest BCUT2D eigenvalue weighted by molar-refractivity contribution is -0.270. The molecule has 7 nitrogen and oxygen atoms in total. The minimum absolute atomic E-state index is 0.358. The second-order valence-electron chi connectivity index (χ2n) is 5.89. The van der Waals surface area contributed by atoms with Crippen molar-refractivity contribution in [2.75, 3.05) is 13.2 Å². The van der Waals surface area contributed by atoms with Gasteiger partial charge in [0, 0.05) is 6.92 Å². The summed E-state index contributed by atoms with van der Waals surface area (Å²) < 4.78 is 11.1. The fourth-order valence-corrected chi connectivity index (χ4v) is 2.73. The third kappa shape index (κ3) is 4.99. The highest BCUT2D eigenvalue weighted by Crippen LogP contribution is 2.22. The Labute approximate surface area is 141 Å². The highest BCUT2D eigenvalue weighted by atomic mass is 16.7. The van der Waals surface area contributed by atoms with E-state index in [4.69, 9.17) is 9.47 Å². The van der Waals surface area contributed by atoms with E-state index in [1.807, 2.05) is 30.3 Å². The monoisotopic (exact) mass is 339 g/mol. The first-order valence-electron chi connectivity index (χ1n) is 8.08. The minimum atomic E-state index is -1.30. The molecule has 24 heavy (non-hydrogen) atoms. The van der Waals surface area contributed by atoms with Crippen LogP contribution in [0.3, 0.4) is 0 Å². The van der Waals surface area contributed by atoms with Crippen LogP contribution in [0.4, 0.5) is 0 Å². The summed E-state index contributed by atoms with van der Waals surface area (Å²) in [7, 11) is 0. The van der Waals surface area contributed by atoms with Gasteiger partial charge in [0.15, 0.2) is 6.29 Å². The van der Waals surface area contributed by atoms with Gasteiger partial charge in [-0.25, -0.2) is 0 Å². The molecule has 0 unspecified atom stereocenters. The summed E-state index contributed by atoms with van der Waals surface area (Å²) in [6.07, 6.45) is -2.90. The topological polar surface area (TPSA) is 108 Å². The van der Waals surface area contributed by atoms with E-state index in [2.05, 4.69) is 5.32 Å². The van der Waals surface area contributed by atoms with Crippen LogP contribution in [-0.4, -0.2) is 65.1 Å². The molecule has 7 heteroatoms. The summed E-state index contributed by atoms with van der Waals surface area (Å²) in [5.41, 5.74) is 1.19. The van der Waals surface area contributed by atoms with Gasteiger partial charge in [-0.2, -0.15) is 0 Å². The Kier molecular flexibility index (Phi) is 7.14. The van der Waals surface area contributed by atoms with Crippen molar-refractivity contribution in [1.82, 2.24) is 5.32 Å². The fraction of sp³-hybridized carbons (Fsp3) is 0.588. The Morgan fingerprint density at radius 1 is 1.25 bits per heavy atom. The summed E-state index contributed by atoms with van der Waals surface area (Å²) in [4.78, 5) is 11.3. The predicted molar refractivity (Wildman–Crippen MR) is 86.1 cm³/mol. The Morgan fingerprint density at radius 2 is 1.96 bits per heavy atom. The van der Waals surface area contributed by atoms with Gasteiger partial charge in [0.25, 0.3) is 0 Å². The zero-order valence-electron chi connectivity index (χ0n) is 13.7. The number of rotatable bonds is 7. The van der Waals surface area contributed by atoms with Gasteiger partial charge >= 0.3 is 0 Å². The van der Waals surface area contributed by atoms with Gasteiger partial charge in [-0.1, -0.05) is 30.3 Å². The quantitative estimate of drug-likeness (QED) is 0.503. The number of aliphatic hydroxyl groups excluding tert-OH is 3. The van der Waals surface area contributed by atoms with Gasteiger partial charge in [0.05, 0.1) is 13.2 Å². The first kappa shape index (κ1) is 18.8. The van der Waals surface area contributed by atoms with Crippen LogP contribution in [0.1, 0.15) is 18.9 Å². The van der Waals surface area contributed by atoms with E-state index in [1.165, 1.54) is 12.5 Å². The Balaban J connectivity index is 1.90. The first-order valence-corrected chi connectivity index (χ1v) is 8.08. The molecule has 1 fully saturated rings. The number of carbonyl (C=O) groups excluding carboxylic acids is 1. The molecule has 0 bridgehead atoms. The molecule has 0 aliphatic carbocycles. The summed E-state index contributed by atoms with van der Waals surface area (Å²) in [6.45, 7) is 1.22. The molecule has 1 aliphatic rings. The molecule has 1 aliphatic heterocycles. The maximum Gasteiger partial charge on any atom is 0.217 e. The molecule has 0 saturated carbocycles. The Hall–Kier alpha value is -1.51. The van der Waals surface area contributed by atoms with Gasteiger partial charge in [-0.15, -0.1) is 0 Å². The van der Waals surface area contributed by atoms with Crippen molar-refractivity contribution >= 4 is 5.91 Å². The van der Waals surface area contributed by atoms with Crippen LogP contribution in [0.2, 0.25) is 0 Å². The van der Waals surface area contributed by atoms with Crippen LogP contribution in [-0.2, 0) is 20.7 Å². The molecule has 0 spiro atoms. The molecular weight excluding hydrogens is 314 g/mol. The molecule has 134 valence electrons. The average molecular weight is 339 g/mol. The number of carbonyl (C=O) groups is 1. The molecular formula is C17H25NO6. The zero-order valence-corrected chi connectivity index (χ0v) is 13.7. The second-order valence-corrected chi connectivity index (χ2v) is 5.89. The van der Waals surface area contributed by atoms with Gasteiger partial charge in [-0.05, 0) is 18.4 Å². The lowest BCUT2D eigenvalue weighted by Crippen LogP contribution is -2.64. The highest BCUT2D eigenvalue weighted by molar-refractivity contribution is 5.73. The van der Waals surface area contributed by atoms with Crippen molar-refractivity contribution in [3.05, 3.63) is 35.9 Å². The summed E-state index contributed by atoms with van der Waals surface area (Å²) >= 11 is 0. The SMILES string of the molecule is CC(=O)N[C@@H]1[C@@H](OCCCc2ccccc2)O[C@@H](CO)[C@@H](O)[C@@H]1O. The van der Waals surface area contributed by atoms with Crippen LogP contribution in [0.15, 0.2) is 30.3 Å². The number of nitrogens with one attached hydrogen (secondary N) is 1. The van der Waals surface area contributed by atoms with Crippen molar-refractivity contribution in [2.45, 2.75) is 50.4 Å². The van der Waals surface area contributed by atoms with Crippen LogP contribution in [0.5, 0.6) is 0 Å². The molecule has 2 rings (SSSR count). The van der Waals surface area contributed by atoms with Gasteiger partial charge in [0.1, 0.15) is 24.4 Å². The van der Waals surface area contributed by atoms with E-state index in [0.717, 1.165) is 12.8 Å². The zero-order chi connectivity index (χ0) is 17.5. The molecule has 1 aromatic carbocycles. The molecule has 0 aromatic heterocycles. The molecule has 1 aromatic rings. The molecule has 5 atom stereocenters. The van der Waals surface area contributed by atoms with Crippen molar-refractivity contribution in [3.63, 3.8) is 0 Å². The number of hydrogen-bond donors (Lipinski definition) is 4. The van der Waals surface area contributed by atoms with Crippen molar-refractivity contribution in [1.29, 1.82) is 0 Å². The third-order valence-corrected chi connectivity index (χ3v) is 3.99. The molecule has 1 amide bonds. The molecule has 0 radical (unpaired) electrons. The van der Waals surface area contributed by atoms with E-state index in [0.29, 0.717) is 6.61 Å². The van der Waals surface area contributed by atoms with E-state index >= 15 is 0 Å². The fourth-order valence-electron chi connectivity index (χ4n) is 2.73. The summed E-state index contributed by atoms with van der Waals surface area (Å²) in [5.74, 6) is -0.366. The normalized spacial score (nSPS) is 30.1. The van der Waals surface area contributed by atoms with Crippen molar-refractivity contribution in [2.24, 2.45) is 0 Å². The van der Waals surface area contributed by atoms with Crippen LogP contribution < -0.4 is 5.32 Å². The number of hydrogen-bond acceptors (Lipinski definition) is 6. The first-order chi connectivity index (χ1) is 11.5. The number of benzene rings is 1. The van der Waals surface area contributed by atoms with E-state index in [1.54, 1.807) is 0 Å². The molecule has 4 N–H and O–H groups in total. The van der Waals surface area contributed by atoms with Crippen molar-refractivity contribution < 1.29 is 29.6 Å². The number of ether oxygens (including phenoxy) is 2. The largest absolute Gasteiger partial charge is 0.394 e. The number of aryl methyl sites for hydroxylation is 1. The second kappa shape index (κ2) is 9.10. The summed E-state index contributed by atoms with van der Waals surface area (Å²) in [6, 6.07) is 9.05. The minimum Gasteiger partial charge on any atom is -0.394 e. The molecule has 1 saturated heterocycles. The van der Waals surface area contributed by atoms with Crippen LogP contribution >= 0.6 is 0 Å². The van der Waals surface area contributed by atoms with Crippen LogP contribution in [0, 0.1) is 0 Å². The predicted octanol–water partition coefficient (Wildman–Crippen LogP) is -0.420. The molecule has 1 heterocycles. The van der Waals surface area contributed by atoms with Crippen LogP contribution in [0.25, 0.3) is 0 Å². The van der Waals surface area contributed by atoms with E-state index in [-0.39, 0.29) is 5.91 Å². The maximum absolute atomic E-state index is 11.3. The smallest absolute Gasteiger partial charge is 0.217 e. The number of amides is 1. The van der Waals surface area contributed by atoms with E-state index < -0.39 is 37.3 Å². The van der Waals surface area contributed by atoms with Gasteiger partial charge in [-0.3, -0.25) is 4.79 Å². The van der Waals surface area contributed by atoms with E-state index in [9.17, 15) is 20.1 Å².